The molecule has 1 saturated heterocycles. The van der Waals surface area contributed by atoms with Gasteiger partial charge in [0.15, 0.2) is 5.78 Å². The maximum Gasteiger partial charge on any atom is 0.221 e. The van der Waals surface area contributed by atoms with Gasteiger partial charge in [0.05, 0.1) is 0 Å². The van der Waals surface area contributed by atoms with Gasteiger partial charge < -0.3 is 10.6 Å². The molecule has 1 aromatic rings. The van der Waals surface area contributed by atoms with Crippen molar-refractivity contribution < 1.29 is 9.59 Å². The fraction of sp³-hybridized carbons (Fsp3) is 0.467. The lowest BCUT2D eigenvalue weighted by Gasteiger charge is -2.22. The van der Waals surface area contributed by atoms with Gasteiger partial charge in [-0.05, 0) is 50.1 Å². The van der Waals surface area contributed by atoms with Crippen molar-refractivity contribution in [1.82, 2.24) is 5.32 Å². The Labute approximate surface area is 113 Å². The van der Waals surface area contributed by atoms with E-state index in [2.05, 4.69) is 10.6 Å². The molecule has 1 heterocycles. The molecule has 0 saturated carbocycles. The number of hydrogen-bond acceptors (Lipinski definition) is 3. The third-order valence-electron chi connectivity index (χ3n) is 3.48. The molecule has 102 valence electrons. The van der Waals surface area contributed by atoms with E-state index in [0.717, 1.165) is 42.7 Å². The number of hydrogen-bond donors (Lipinski definition) is 2. The summed E-state index contributed by atoms with van der Waals surface area (Å²) in [6.07, 6.45) is 2.01. The molecule has 1 unspecified atom stereocenters. The van der Waals surface area contributed by atoms with Crippen molar-refractivity contribution in [1.29, 1.82) is 0 Å². The molecule has 1 atom stereocenters. The van der Waals surface area contributed by atoms with E-state index in [1.807, 2.05) is 19.1 Å². The monoisotopic (exact) mass is 260 g/mol. The Morgan fingerprint density at radius 2 is 2.16 bits per heavy atom. The van der Waals surface area contributed by atoms with Gasteiger partial charge in [-0.3, -0.25) is 9.59 Å². The van der Waals surface area contributed by atoms with Crippen LogP contribution in [-0.2, 0) is 4.79 Å². The molecule has 0 radical (unpaired) electrons. The SMILES string of the molecule is CC(=O)Nc1ccc(C(=O)C2CCCNC2)c(C)c1. The number of carbonyl (C=O) groups excluding carboxylic acids is 2. The van der Waals surface area contributed by atoms with Gasteiger partial charge in [-0.1, -0.05) is 0 Å². The largest absolute Gasteiger partial charge is 0.326 e. The van der Waals surface area contributed by atoms with Gasteiger partial charge in [-0.2, -0.15) is 0 Å². The van der Waals surface area contributed by atoms with Gasteiger partial charge in [0, 0.05) is 30.6 Å². The highest BCUT2D eigenvalue weighted by molar-refractivity contribution is 6.00. The molecule has 1 aliphatic heterocycles. The van der Waals surface area contributed by atoms with E-state index in [4.69, 9.17) is 0 Å². The van der Waals surface area contributed by atoms with Crippen molar-refractivity contribution in [3.05, 3.63) is 29.3 Å². The second-order valence-electron chi connectivity index (χ2n) is 5.12. The Balaban J connectivity index is 2.15. The first-order chi connectivity index (χ1) is 9.08. The van der Waals surface area contributed by atoms with E-state index < -0.39 is 0 Å². The summed E-state index contributed by atoms with van der Waals surface area (Å²) in [6, 6.07) is 5.46. The van der Waals surface area contributed by atoms with Crippen molar-refractivity contribution in [2.75, 3.05) is 18.4 Å². The summed E-state index contributed by atoms with van der Waals surface area (Å²) in [7, 11) is 0. The highest BCUT2D eigenvalue weighted by Gasteiger charge is 2.23. The van der Waals surface area contributed by atoms with Crippen LogP contribution >= 0.6 is 0 Å². The van der Waals surface area contributed by atoms with Crippen LogP contribution in [0.25, 0.3) is 0 Å². The number of aryl methyl sites for hydroxylation is 1. The molecule has 1 aliphatic rings. The zero-order chi connectivity index (χ0) is 13.8. The lowest BCUT2D eigenvalue weighted by molar-refractivity contribution is -0.114. The number of rotatable bonds is 3. The number of benzene rings is 1. The summed E-state index contributed by atoms with van der Waals surface area (Å²) in [5.41, 5.74) is 2.42. The van der Waals surface area contributed by atoms with E-state index in [9.17, 15) is 9.59 Å². The predicted molar refractivity (Wildman–Crippen MR) is 75.4 cm³/mol. The summed E-state index contributed by atoms with van der Waals surface area (Å²) >= 11 is 0. The molecule has 1 amide bonds. The zero-order valence-corrected chi connectivity index (χ0v) is 11.5. The van der Waals surface area contributed by atoms with Gasteiger partial charge >= 0.3 is 0 Å². The van der Waals surface area contributed by atoms with Crippen LogP contribution in [-0.4, -0.2) is 24.8 Å². The maximum absolute atomic E-state index is 12.4. The molecule has 19 heavy (non-hydrogen) atoms. The van der Waals surface area contributed by atoms with Crippen LogP contribution in [0.1, 0.15) is 35.7 Å². The van der Waals surface area contributed by atoms with E-state index in [1.165, 1.54) is 6.92 Å². The summed E-state index contributed by atoms with van der Waals surface area (Å²) in [5, 5.41) is 5.99. The third kappa shape index (κ3) is 3.41. The number of amides is 1. The summed E-state index contributed by atoms with van der Waals surface area (Å²) in [4.78, 5) is 23.4. The first-order valence-electron chi connectivity index (χ1n) is 6.71. The first-order valence-corrected chi connectivity index (χ1v) is 6.71. The van der Waals surface area contributed by atoms with E-state index in [0.29, 0.717) is 0 Å². The van der Waals surface area contributed by atoms with Gasteiger partial charge in [0.2, 0.25) is 5.91 Å². The van der Waals surface area contributed by atoms with Crippen molar-refractivity contribution in [2.45, 2.75) is 26.7 Å². The first kappa shape index (κ1) is 13.7. The molecule has 4 heteroatoms. The molecule has 1 aromatic carbocycles. The summed E-state index contributed by atoms with van der Waals surface area (Å²) < 4.78 is 0. The smallest absolute Gasteiger partial charge is 0.221 e. The van der Waals surface area contributed by atoms with Crippen LogP contribution in [0.4, 0.5) is 5.69 Å². The number of nitrogens with one attached hydrogen (secondary N) is 2. The zero-order valence-electron chi connectivity index (χ0n) is 11.5. The fourth-order valence-electron chi connectivity index (χ4n) is 2.52. The van der Waals surface area contributed by atoms with Crippen LogP contribution in [0.5, 0.6) is 0 Å². The van der Waals surface area contributed by atoms with Crippen molar-refractivity contribution in [3.63, 3.8) is 0 Å². The van der Waals surface area contributed by atoms with E-state index in [1.54, 1.807) is 6.07 Å². The average molecular weight is 260 g/mol. The summed E-state index contributed by atoms with van der Waals surface area (Å²) in [5.74, 6) is 0.188. The Morgan fingerprint density at radius 3 is 2.74 bits per heavy atom. The second kappa shape index (κ2) is 5.97. The minimum Gasteiger partial charge on any atom is -0.326 e. The Hall–Kier alpha value is -1.68. The molecule has 2 N–H and O–H groups in total. The third-order valence-corrected chi connectivity index (χ3v) is 3.48. The van der Waals surface area contributed by atoms with Crippen LogP contribution in [0.3, 0.4) is 0 Å². The molecular weight excluding hydrogens is 240 g/mol. The Bertz CT molecular complexity index is 491. The van der Waals surface area contributed by atoms with E-state index in [-0.39, 0.29) is 17.6 Å². The van der Waals surface area contributed by atoms with Crippen LogP contribution in [0.15, 0.2) is 18.2 Å². The molecule has 0 bridgehead atoms. The van der Waals surface area contributed by atoms with Crippen LogP contribution < -0.4 is 10.6 Å². The number of Topliss-reactive ketones (excluding diaryl/α,β-unsaturated/α-hetero) is 1. The topological polar surface area (TPSA) is 58.2 Å². The Kier molecular flexibility index (Phi) is 4.32. The number of carbonyl (C=O) groups is 2. The Morgan fingerprint density at radius 1 is 1.37 bits per heavy atom. The van der Waals surface area contributed by atoms with Gasteiger partial charge in [-0.25, -0.2) is 0 Å². The van der Waals surface area contributed by atoms with Crippen molar-refractivity contribution in [2.24, 2.45) is 5.92 Å². The van der Waals surface area contributed by atoms with Crippen LogP contribution in [0.2, 0.25) is 0 Å². The van der Waals surface area contributed by atoms with Crippen LogP contribution in [0, 0.1) is 12.8 Å². The van der Waals surface area contributed by atoms with E-state index >= 15 is 0 Å². The lowest BCUT2D eigenvalue weighted by atomic mass is 9.89. The second-order valence-corrected chi connectivity index (χ2v) is 5.12. The van der Waals surface area contributed by atoms with Gasteiger partial charge in [0.1, 0.15) is 0 Å². The molecule has 4 nitrogen and oxygen atoms in total. The quantitative estimate of drug-likeness (QED) is 0.819. The average Bonchev–Trinajstić information content (AvgIpc) is 2.38. The standard InChI is InChI=1S/C15H20N2O2/c1-10-8-13(17-11(2)18)5-6-14(10)15(19)12-4-3-7-16-9-12/h5-6,8,12,16H,3-4,7,9H2,1-2H3,(H,17,18). The van der Waals surface area contributed by atoms with Crippen molar-refractivity contribution >= 4 is 17.4 Å². The number of anilines is 1. The predicted octanol–water partition coefficient (Wildman–Crippen LogP) is 2.14. The molecule has 1 fully saturated rings. The summed E-state index contributed by atoms with van der Waals surface area (Å²) in [6.45, 7) is 5.16. The molecule has 0 spiro atoms. The molecule has 2 rings (SSSR count). The van der Waals surface area contributed by atoms with Gasteiger partial charge in [-0.15, -0.1) is 0 Å². The number of ketones is 1. The number of piperidine rings is 1. The highest BCUT2D eigenvalue weighted by Crippen LogP contribution is 2.21. The van der Waals surface area contributed by atoms with Gasteiger partial charge in [0.25, 0.3) is 0 Å². The lowest BCUT2D eigenvalue weighted by Crippen LogP contribution is -2.34. The highest BCUT2D eigenvalue weighted by atomic mass is 16.1. The molecule has 0 aliphatic carbocycles. The minimum atomic E-state index is -0.102. The normalized spacial score (nSPS) is 18.9. The van der Waals surface area contributed by atoms with Crippen molar-refractivity contribution in [3.8, 4) is 0 Å². The minimum absolute atomic E-state index is 0.0825. The molecule has 0 aromatic heterocycles. The molecular formula is C15H20N2O2. The maximum atomic E-state index is 12.4. The fourth-order valence-corrected chi connectivity index (χ4v) is 2.52.